The van der Waals surface area contributed by atoms with Gasteiger partial charge in [0.2, 0.25) is 0 Å². The molecule has 0 aliphatic rings. The Hall–Kier alpha value is -4.63. The Morgan fingerprint density at radius 1 is 1.11 bits per heavy atom. The summed E-state index contributed by atoms with van der Waals surface area (Å²) in [4.78, 5) is 5.59. The van der Waals surface area contributed by atoms with Gasteiger partial charge in [-0.25, -0.2) is 4.39 Å². The molecule has 2 heterocycles. The number of H-pyrrole nitrogens is 2. The summed E-state index contributed by atoms with van der Waals surface area (Å²) in [5.41, 5.74) is 8.53. The van der Waals surface area contributed by atoms with Crippen LogP contribution in [0.25, 0.3) is 45.6 Å². The molecular weight excluding hydrogens is 592 g/mol. The smallest absolute Gasteiger partial charge is 0.124 e. The maximum absolute atomic E-state index is 14.8. The largest absolute Gasteiger partial charge is 0.358 e. The molecule has 0 spiro atoms. The van der Waals surface area contributed by atoms with Crippen molar-refractivity contribution in [2.75, 3.05) is 26.9 Å². The standard InChI is InChI=1S/C38H45FN6S/c1-11-28(21-31(12-2)41-26(5)24-45(6)7)25(4)17-34-35(13-3)43-44-38(34)37-22-33-32(15-14-16-36(33)42-37)29-18-27(19-30(39)20-29)23-40-46(8,9)10/h11-22,40-43H,2,4-5,8-9,23-24H2,1,3,6-7,10H3/b28-11+,31-21+,34-17+,35-13+. The van der Waals surface area contributed by atoms with Crippen LogP contribution >= 0.6 is 9.39 Å². The van der Waals surface area contributed by atoms with E-state index in [4.69, 9.17) is 5.10 Å². The van der Waals surface area contributed by atoms with Crippen LogP contribution in [0.15, 0.2) is 103 Å². The number of likely N-dealkylation sites (N-methyl/N-ethyl adjacent to an activating group) is 1. The normalized spacial score (nSPS) is 13.5. The van der Waals surface area contributed by atoms with E-state index in [0.717, 1.165) is 72.1 Å². The first kappa shape index (κ1) is 34.2. The number of hydrogen-bond acceptors (Lipinski definition) is 4. The van der Waals surface area contributed by atoms with Crippen LogP contribution in [0.3, 0.4) is 0 Å². The number of hydrogen-bond donors (Lipinski definition) is 4. The zero-order chi connectivity index (χ0) is 33.6. The Morgan fingerprint density at radius 2 is 1.87 bits per heavy atom. The van der Waals surface area contributed by atoms with Gasteiger partial charge in [-0.1, -0.05) is 55.8 Å². The molecule has 2 aromatic heterocycles. The number of benzene rings is 2. The molecule has 4 aromatic rings. The van der Waals surface area contributed by atoms with Crippen LogP contribution in [-0.2, 0) is 6.54 Å². The molecule has 0 aliphatic carbocycles. The van der Waals surface area contributed by atoms with Gasteiger partial charge in [0, 0.05) is 40.6 Å². The lowest BCUT2D eigenvalue weighted by Gasteiger charge is -2.15. The van der Waals surface area contributed by atoms with Gasteiger partial charge in [-0.3, -0.25) is 9.82 Å². The van der Waals surface area contributed by atoms with Crippen LogP contribution in [-0.4, -0.2) is 58.7 Å². The molecule has 6 nitrogen and oxygen atoms in total. The molecule has 0 atom stereocenters. The molecule has 0 radical (unpaired) electrons. The first-order valence-electron chi connectivity index (χ1n) is 14.9. The van der Waals surface area contributed by atoms with E-state index >= 15 is 0 Å². The topological polar surface area (TPSA) is 71.8 Å². The molecule has 4 N–H and O–H groups in total. The summed E-state index contributed by atoms with van der Waals surface area (Å²) in [7, 11) is 2.57. The molecular formula is C38H45FN6S. The van der Waals surface area contributed by atoms with E-state index in [1.807, 2.05) is 87.7 Å². The van der Waals surface area contributed by atoms with Crippen molar-refractivity contribution in [2.24, 2.45) is 0 Å². The van der Waals surface area contributed by atoms with Crippen LogP contribution < -0.4 is 20.6 Å². The predicted molar refractivity (Wildman–Crippen MR) is 202 cm³/mol. The third-order valence-electron chi connectivity index (χ3n) is 7.29. The first-order chi connectivity index (χ1) is 21.8. The molecule has 0 saturated carbocycles. The zero-order valence-electron chi connectivity index (χ0n) is 27.6. The second-order valence-corrected chi connectivity index (χ2v) is 14.6. The predicted octanol–water partition coefficient (Wildman–Crippen LogP) is 6.49. The lowest BCUT2D eigenvalue weighted by Crippen LogP contribution is -2.24. The van der Waals surface area contributed by atoms with Crippen LogP contribution in [0.1, 0.15) is 19.4 Å². The monoisotopic (exact) mass is 636 g/mol. The Labute approximate surface area is 272 Å². The summed E-state index contributed by atoms with van der Waals surface area (Å²) in [5.74, 6) is 7.85. The molecule has 0 fully saturated rings. The second-order valence-electron chi connectivity index (χ2n) is 11.8. The van der Waals surface area contributed by atoms with Crippen molar-refractivity contribution in [2.45, 2.75) is 20.4 Å². The van der Waals surface area contributed by atoms with Crippen molar-refractivity contribution in [1.82, 2.24) is 30.1 Å². The van der Waals surface area contributed by atoms with E-state index in [-0.39, 0.29) is 5.82 Å². The molecule has 0 saturated heterocycles. The molecule has 46 heavy (non-hydrogen) atoms. The molecule has 0 unspecified atom stereocenters. The summed E-state index contributed by atoms with van der Waals surface area (Å²) in [6.45, 7) is 17.6. The quantitative estimate of drug-likeness (QED) is 0.100. The zero-order valence-corrected chi connectivity index (χ0v) is 28.4. The number of halogens is 1. The summed E-state index contributed by atoms with van der Waals surface area (Å²) in [5, 5.41) is 14.0. The van der Waals surface area contributed by atoms with Crippen molar-refractivity contribution in [3.05, 3.63) is 125 Å². The molecule has 240 valence electrons. The van der Waals surface area contributed by atoms with Gasteiger partial charge >= 0.3 is 0 Å². The van der Waals surface area contributed by atoms with Crippen LogP contribution in [0.2, 0.25) is 0 Å². The van der Waals surface area contributed by atoms with E-state index in [9.17, 15) is 4.39 Å². The minimum atomic E-state index is -1.43. The Kier molecular flexibility index (Phi) is 10.9. The summed E-state index contributed by atoms with van der Waals surface area (Å²) in [6, 6.07) is 13.2. The average Bonchev–Trinajstić information content (AvgIpc) is 3.60. The van der Waals surface area contributed by atoms with Gasteiger partial charge in [0.25, 0.3) is 0 Å². The lowest BCUT2D eigenvalue weighted by atomic mass is 9.99. The van der Waals surface area contributed by atoms with Gasteiger partial charge in [0.15, 0.2) is 0 Å². The van der Waals surface area contributed by atoms with Crippen LogP contribution in [0, 0.1) is 5.82 Å². The van der Waals surface area contributed by atoms with Crippen molar-refractivity contribution < 1.29 is 4.39 Å². The molecule has 0 amide bonds. The number of nitrogens with zero attached hydrogens (tertiary/aromatic N) is 2. The third-order valence-corrected chi connectivity index (χ3v) is 8.14. The first-order valence-corrected chi connectivity index (χ1v) is 17.3. The lowest BCUT2D eigenvalue weighted by molar-refractivity contribution is 0.438. The Morgan fingerprint density at radius 3 is 2.52 bits per heavy atom. The maximum Gasteiger partial charge on any atom is 0.124 e. The van der Waals surface area contributed by atoms with Gasteiger partial charge < -0.3 is 15.2 Å². The van der Waals surface area contributed by atoms with Crippen molar-refractivity contribution in [3.8, 4) is 22.5 Å². The molecule has 8 heteroatoms. The van der Waals surface area contributed by atoms with Gasteiger partial charge in [-0.15, -0.1) is 0 Å². The van der Waals surface area contributed by atoms with E-state index in [2.05, 4.69) is 57.7 Å². The fourth-order valence-corrected chi connectivity index (χ4v) is 5.71. The fourth-order valence-electron chi connectivity index (χ4n) is 5.19. The van der Waals surface area contributed by atoms with E-state index in [0.29, 0.717) is 13.1 Å². The molecule has 2 aromatic carbocycles. The SMILES string of the molecule is C=C/C(=C\C(=C/C)C(=C)/C=c1/c(-c2cc3c(-c4cc(F)cc(CNS(=C)(=C)C)c4)cccc3[nH]2)n[nH]/c1=C/C)NC(=C)CN(C)C. The molecule has 0 bridgehead atoms. The third kappa shape index (κ3) is 8.54. The molecule has 4 rings (SSSR count). The molecule has 0 aliphatic heterocycles. The van der Waals surface area contributed by atoms with Crippen molar-refractivity contribution in [1.29, 1.82) is 0 Å². The highest BCUT2D eigenvalue weighted by atomic mass is 32.2. The van der Waals surface area contributed by atoms with E-state index < -0.39 is 9.39 Å². The highest BCUT2D eigenvalue weighted by Crippen LogP contribution is 2.32. The number of nitrogens with one attached hydrogen (secondary N) is 4. The van der Waals surface area contributed by atoms with E-state index in [1.54, 1.807) is 18.2 Å². The number of fused-ring (bicyclic) bond motifs is 1. The highest BCUT2D eigenvalue weighted by molar-refractivity contribution is 8.25. The second kappa shape index (κ2) is 14.6. The van der Waals surface area contributed by atoms with Gasteiger partial charge in [0.05, 0.1) is 11.0 Å². The number of aromatic amines is 2. The van der Waals surface area contributed by atoms with Crippen molar-refractivity contribution >= 4 is 44.2 Å². The maximum atomic E-state index is 14.8. The summed E-state index contributed by atoms with van der Waals surface area (Å²) >= 11 is 0. The Bertz CT molecular complexity index is 2090. The number of allylic oxidation sites excluding steroid dienone is 5. The van der Waals surface area contributed by atoms with Crippen molar-refractivity contribution in [3.63, 3.8) is 0 Å². The van der Waals surface area contributed by atoms with Gasteiger partial charge in [0.1, 0.15) is 11.5 Å². The summed E-state index contributed by atoms with van der Waals surface area (Å²) in [6.07, 6.45) is 11.8. The minimum absolute atomic E-state index is 0.289. The van der Waals surface area contributed by atoms with Crippen LogP contribution in [0.4, 0.5) is 4.39 Å². The van der Waals surface area contributed by atoms with E-state index in [1.165, 1.54) is 0 Å². The van der Waals surface area contributed by atoms with Crippen LogP contribution in [0.5, 0.6) is 0 Å². The fraction of sp³-hybridized carbons (Fsp3) is 0.184. The summed E-state index contributed by atoms with van der Waals surface area (Å²) < 4.78 is 18.1. The van der Waals surface area contributed by atoms with Gasteiger partial charge in [-0.2, -0.15) is 14.5 Å². The van der Waals surface area contributed by atoms with Gasteiger partial charge in [-0.05, 0) is 111 Å². The average molecular weight is 637 g/mol. The Balaban J connectivity index is 1.75. The highest BCUT2D eigenvalue weighted by Gasteiger charge is 2.14. The number of rotatable bonds is 13. The minimum Gasteiger partial charge on any atom is -0.358 e. The number of aromatic nitrogens is 3.